The highest BCUT2D eigenvalue weighted by atomic mass is 35.5. The summed E-state index contributed by atoms with van der Waals surface area (Å²) in [5, 5.41) is 4.50. The molecule has 3 heterocycles. The molecule has 1 aromatic carbocycles. The quantitative estimate of drug-likeness (QED) is 0.606. The highest BCUT2D eigenvalue weighted by Crippen LogP contribution is 2.32. The molecule has 1 aliphatic heterocycles. The molecule has 0 unspecified atom stereocenters. The lowest BCUT2D eigenvalue weighted by Gasteiger charge is -2.13. The van der Waals surface area contributed by atoms with Crippen molar-refractivity contribution in [3.8, 4) is 11.1 Å². The first-order valence-electron chi connectivity index (χ1n) is 10.5. The molecule has 0 atom stereocenters. The second kappa shape index (κ2) is 7.98. The molecule has 7 heteroatoms. The van der Waals surface area contributed by atoms with Crippen LogP contribution in [0.5, 0.6) is 0 Å². The lowest BCUT2D eigenvalue weighted by molar-refractivity contribution is -0.110. The fourth-order valence-electron chi connectivity index (χ4n) is 4.13. The van der Waals surface area contributed by atoms with Crippen LogP contribution in [-0.2, 0) is 11.8 Å². The Morgan fingerprint density at radius 3 is 2.76 bits per heavy atom. The number of anilines is 1. The van der Waals surface area contributed by atoms with Gasteiger partial charge in [-0.15, -0.1) is 0 Å². The van der Waals surface area contributed by atoms with Crippen LogP contribution in [-0.4, -0.2) is 21.2 Å². The van der Waals surface area contributed by atoms with Gasteiger partial charge in [0.25, 0.3) is 11.5 Å². The maximum absolute atomic E-state index is 13.2. The van der Waals surface area contributed by atoms with E-state index in [1.54, 1.807) is 30.0 Å². The van der Waals surface area contributed by atoms with Crippen LogP contribution in [0.2, 0.25) is 0 Å². The third kappa shape index (κ3) is 3.83. The number of pyridine rings is 2. The lowest BCUT2D eigenvalue weighted by atomic mass is 9.99. The molecular weight excluding hydrogens is 436 g/mol. The van der Waals surface area contributed by atoms with Gasteiger partial charge in [-0.25, -0.2) is 4.99 Å². The first kappa shape index (κ1) is 21.1. The molecule has 1 amide bonds. The molecule has 2 aliphatic rings. The van der Waals surface area contributed by atoms with E-state index in [0.29, 0.717) is 28.4 Å². The number of amides is 1. The Balaban J connectivity index is 1.49. The number of nitrogens with zero attached hydrogens (tertiary/aromatic N) is 3. The molecule has 164 valence electrons. The number of allylic oxidation sites excluding steroid dienone is 4. The van der Waals surface area contributed by atoms with Gasteiger partial charge >= 0.3 is 0 Å². The van der Waals surface area contributed by atoms with Gasteiger partial charge in [0.2, 0.25) is 0 Å². The molecule has 6 nitrogen and oxygen atoms in total. The van der Waals surface area contributed by atoms with E-state index in [0.717, 1.165) is 39.0 Å². The minimum atomic E-state index is -0.310. The zero-order valence-electron chi connectivity index (χ0n) is 18.4. The van der Waals surface area contributed by atoms with Gasteiger partial charge in [0, 0.05) is 47.0 Å². The Morgan fingerprint density at radius 1 is 1.12 bits per heavy atom. The van der Waals surface area contributed by atoms with Gasteiger partial charge in [0.15, 0.2) is 0 Å². The molecule has 2 aromatic heterocycles. The lowest BCUT2D eigenvalue weighted by Crippen LogP contribution is -2.21. The number of nitrogens with one attached hydrogen (secondary N) is 1. The monoisotopic (exact) mass is 456 g/mol. The summed E-state index contributed by atoms with van der Waals surface area (Å²) in [5.41, 5.74) is 6.44. The van der Waals surface area contributed by atoms with Gasteiger partial charge in [-0.05, 0) is 73.0 Å². The van der Waals surface area contributed by atoms with Crippen molar-refractivity contribution in [2.75, 3.05) is 5.32 Å². The fourth-order valence-corrected chi connectivity index (χ4v) is 4.34. The highest BCUT2D eigenvalue weighted by Gasteiger charge is 2.22. The molecular formula is C26H21ClN4O2. The summed E-state index contributed by atoms with van der Waals surface area (Å²) in [6, 6.07) is 9.29. The second-order valence-electron chi connectivity index (χ2n) is 8.30. The molecule has 0 saturated heterocycles. The van der Waals surface area contributed by atoms with E-state index in [9.17, 15) is 9.59 Å². The van der Waals surface area contributed by atoms with Crippen LogP contribution in [0, 0.1) is 13.8 Å². The molecule has 3 aromatic rings. The molecule has 5 rings (SSSR count). The maximum atomic E-state index is 13.2. The Hall–Kier alpha value is -3.77. The Labute approximate surface area is 195 Å². The molecule has 0 spiro atoms. The average molecular weight is 457 g/mol. The highest BCUT2D eigenvalue weighted by molar-refractivity contribution is 6.48. The predicted molar refractivity (Wildman–Crippen MR) is 133 cm³/mol. The van der Waals surface area contributed by atoms with Gasteiger partial charge in [-0.3, -0.25) is 14.6 Å². The van der Waals surface area contributed by atoms with Crippen molar-refractivity contribution >= 4 is 39.8 Å². The second-order valence-corrected chi connectivity index (χ2v) is 8.78. The Morgan fingerprint density at radius 2 is 1.94 bits per heavy atom. The Bertz CT molecular complexity index is 1540. The number of aryl methyl sites for hydroxylation is 3. The van der Waals surface area contributed by atoms with Crippen molar-refractivity contribution < 1.29 is 4.79 Å². The number of fused-ring (bicyclic) bond motifs is 2. The molecule has 0 fully saturated rings. The molecule has 1 N–H and O–H groups in total. The number of aliphatic imine (C=N–C) groups is 1. The minimum Gasteiger partial charge on any atom is -0.321 e. The number of rotatable bonds is 3. The first-order valence-corrected chi connectivity index (χ1v) is 10.9. The molecule has 0 saturated carbocycles. The molecule has 0 radical (unpaired) electrons. The van der Waals surface area contributed by atoms with Gasteiger partial charge in [0.05, 0.1) is 11.2 Å². The van der Waals surface area contributed by atoms with Crippen molar-refractivity contribution in [3.05, 3.63) is 92.7 Å². The number of aromatic nitrogens is 2. The fraction of sp³-hybridized carbons (Fsp3) is 0.154. The molecule has 1 aliphatic carbocycles. The van der Waals surface area contributed by atoms with Gasteiger partial charge in [0.1, 0.15) is 5.71 Å². The van der Waals surface area contributed by atoms with Crippen LogP contribution in [0.15, 0.2) is 80.8 Å². The van der Waals surface area contributed by atoms with E-state index < -0.39 is 0 Å². The third-order valence-electron chi connectivity index (χ3n) is 5.93. The molecule has 33 heavy (non-hydrogen) atoms. The van der Waals surface area contributed by atoms with Crippen LogP contribution in [0.4, 0.5) is 5.69 Å². The predicted octanol–water partition coefficient (Wildman–Crippen LogP) is 4.95. The summed E-state index contributed by atoms with van der Waals surface area (Å²) < 4.78 is 1.64. The SMILES string of the molecule is Cc1cc2c(cn1)cc(-c1cc(NC(=O)C3=NC4=CC=C(Cl)CC4=C3)ccc1C)c(=O)n2C. The van der Waals surface area contributed by atoms with E-state index in [-0.39, 0.29) is 11.5 Å². The molecule has 0 bridgehead atoms. The summed E-state index contributed by atoms with van der Waals surface area (Å²) in [7, 11) is 1.76. The minimum absolute atomic E-state index is 0.107. The maximum Gasteiger partial charge on any atom is 0.274 e. The normalized spacial score (nSPS) is 14.9. The number of hydrogen-bond acceptors (Lipinski definition) is 4. The van der Waals surface area contributed by atoms with Crippen LogP contribution in [0.3, 0.4) is 0 Å². The van der Waals surface area contributed by atoms with Gasteiger partial charge in [-0.1, -0.05) is 17.7 Å². The van der Waals surface area contributed by atoms with Crippen molar-refractivity contribution in [2.45, 2.75) is 20.3 Å². The summed E-state index contributed by atoms with van der Waals surface area (Å²) in [6.07, 6.45) is 7.72. The third-order valence-corrected chi connectivity index (χ3v) is 6.18. The summed E-state index contributed by atoms with van der Waals surface area (Å²) in [6.45, 7) is 3.84. The van der Waals surface area contributed by atoms with Crippen molar-refractivity contribution in [3.63, 3.8) is 0 Å². The van der Waals surface area contributed by atoms with Crippen molar-refractivity contribution in [1.29, 1.82) is 0 Å². The van der Waals surface area contributed by atoms with E-state index in [4.69, 9.17) is 11.6 Å². The number of halogens is 1. The van der Waals surface area contributed by atoms with Gasteiger partial charge in [-0.2, -0.15) is 0 Å². The van der Waals surface area contributed by atoms with Crippen LogP contribution < -0.4 is 10.9 Å². The zero-order chi connectivity index (χ0) is 23.3. The van der Waals surface area contributed by atoms with Crippen molar-refractivity contribution in [2.24, 2.45) is 12.0 Å². The van der Waals surface area contributed by atoms with Crippen LogP contribution in [0.1, 0.15) is 17.7 Å². The number of carbonyl (C=O) groups is 1. The topological polar surface area (TPSA) is 76.3 Å². The van der Waals surface area contributed by atoms with Crippen molar-refractivity contribution in [1.82, 2.24) is 9.55 Å². The van der Waals surface area contributed by atoms with Crippen LogP contribution in [0.25, 0.3) is 22.0 Å². The average Bonchev–Trinajstić information content (AvgIpc) is 3.21. The van der Waals surface area contributed by atoms with E-state index in [1.165, 1.54) is 0 Å². The Kier molecular flexibility index (Phi) is 5.10. The number of hydrogen-bond donors (Lipinski definition) is 1. The number of benzene rings is 1. The van der Waals surface area contributed by atoms with E-state index in [1.807, 2.05) is 50.3 Å². The first-order chi connectivity index (χ1) is 15.8. The largest absolute Gasteiger partial charge is 0.321 e. The van der Waals surface area contributed by atoms with E-state index >= 15 is 0 Å². The van der Waals surface area contributed by atoms with Gasteiger partial charge < -0.3 is 9.88 Å². The summed E-state index contributed by atoms with van der Waals surface area (Å²) in [4.78, 5) is 34.8. The van der Waals surface area contributed by atoms with Crippen LogP contribution >= 0.6 is 11.6 Å². The standard InChI is InChI=1S/C26H21ClN4O2/c1-14-4-6-19(29-25(32)23-11-16-9-18(27)5-7-22(16)30-23)12-20(14)21-10-17-13-28-15(2)8-24(17)31(3)26(21)33/h4-8,10-13H,9H2,1-3H3,(H,29,32). The summed E-state index contributed by atoms with van der Waals surface area (Å²) in [5.74, 6) is -0.310. The van der Waals surface area contributed by atoms with E-state index in [2.05, 4.69) is 15.3 Å². The summed E-state index contributed by atoms with van der Waals surface area (Å²) >= 11 is 6.09. The number of carbonyl (C=O) groups excluding carboxylic acids is 1. The smallest absolute Gasteiger partial charge is 0.274 e. The zero-order valence-corrected chi connectivity index (χ0v) is 19.2.